The summed E-state index contributed by atoms with van der Waals surface area (Å²) in [7, 11) is -4.38. The Hall–Kier alpha value is -0.720. The lowest BCUT2D eigenvalue weighted by atomic mass is 10.1. The fraction of sp³-hybridized carbons (Fsp3) is 0.864. The van der Waals surface area contributed by atoms with Gasteiger partial charge in [-0.3, -0.25) is 4.57 Å². The molecule has 30 heavy (non-hydrogen) atoms. The topological polar surface area (TPSA) is 84.9 Å². The number of hydrogen-bond acceptors (Lipinski definition) is 6. The normalized spacial score (nSPS) is 13.8. The third-order valence-electron chi connectivity index (χ3n) is 5.15. The highest BCUT2D eigenvalue weighted by molar-refractivity contribution is 7.45. The second-order valence-corrected chi connectivity index (χ2v) is 9.44. The standard InChI is InChI=1S/C22H44NO6P/c1-6-9-14-23(15-10-7-2,16-11-8-3)17-12-13-18-28-30(25,26)29-20-19-27-22(24)21(4)5/h4,6-20H2,1-3,5H3. The van der Waals surface area contributed by atoms with Gasteiger partial charge in [0.1, 0.15) is 6.61 Å². The van der Waals surface area contributed by atoms with Crippen LogP contribution in [0.25, 0.3) is 0 Å². The van der Waals surface area contributed by atoms with Gasteiger partial charge in [0.2, 0.25) is 0 Å². The molecule has 0 aromatic rings. The van der Waals surface area contributed by atoms with Gasteiger partial charge < -0.3 is 23.2 Å². The Morgan fingerprint density at radius 2 is 1.30 bits per heavy atom. The number of nitrogens with zero attached hydrogens (tertiary/aromatic N) is 1. The van der Waals surface area contributed by atoms with Gasteiger partial charge in [-0.05, 0) is 39.0 Å². The van der Waals surface area contributed by atoms with Crippen molar-refractivity contribution in [2.75, 3.05) is 46.0 Å². The van der Waals surface area contributed by atoms with Gasteiger partial charge >= 0.3 is 5.97 Å². The van der Waals surface area contributed by atoms with E-state index >= 15 is 0 Å². The average Bonchev–Trinajstić information content (AvgIpc) is 2.71. The van der Waals surface area contributed by atoms with E-state index in [1.54, 1.807) is 0 Å². The smallest absolute Gasteiger partial charge is 0.333 e. The molecule has 0 spiro atoms. The number of carbonyl (C=O) groups excluding carboxylic acids is 1. The second kappa shape index (κ2) is 16.9. The van der Waals surface area contributed by atoms with E-state index in [1.165, 1.54) is 65.1 Å². The molecule has 0 N–H and O–H groups in total. The van der Waals surface area contributed by atoms with Crippen molar-refractivity contribution in [2.45, 2.75) is 79.1 Å². The molecule has 0 saturated carbocycles. The molecule has 0 aliphatic carbocycles. The van der Waals surface area contributed by atoms with Crippen molar-refractivity contribution in [3.05, 3.63) is 12.2 Å². The van der Waals surface area contributed by atoms with Crippen LogP contribution in [0.5, 0.6) is 0 Å². The Labute approximate surface area is 184 Å². The van der Waals surface area contributed by atoms with E-state index in [1.807, 2.05) is 0 Å². The molecule has 0 fully saturated rings. The first-order valence-electron chi connectivity index (χ1n) is 11.5. The lowest BCUT2D eigenvalue weighted by Crippen LogP contribution is -2.50. The maximum Gasteiger partial charge on any atom is 0.333 e. The molecule has 1 unspecified atom stereocenters. The minimum atomic E-state index is -4.38. The van der Waals surface area contributed by atoms with E-state index in [2.05, 4.69) is 27.4 Å². The summed E-state index contributed by atoms with van der Waals surface area (Å²) in [5.41, 5.74) is 0.253. The van der Waals surface area contributed by atoms with Gasteiger partial charge in [-0.15, -0.1) is 0 Å². The number of rotatable bonds is 20. The molecule has 0 amide bonds. The molecule has 0 aliphatic heterocycles. The monoisotopic (exact) mass is 449 g/mol. The molecule has 0 aliphatic rings. The zero-order chi connectivity index (χ0) is 22.9. The third kappa shape index (κ3) is 14.3. The number of ether oxygens (including phenoxy) is 1. The van der Waals surface area contributed by atoms with Crippen molar-refractivity contribution in [1.29, 1.82) is 0 Å². The minimum absolute atomic E-state index is 0.113. The molecule has 7 nitrogen and oxygen atoms in total. The fourth-order valence-electron chi connectivity index (χ4n) is 3.32. The summed E-state index contributed by atoms with van der Waals surface area (Å²) in [5, 5.41) is 0. The summed E-state index contributed by atoms with van der Waals surface area (Å²) in [6.07, 6.45) is 8.85. The predicted molar refractivity (Wildman–Crippen MR) is 119 cm³/mol. The number of esters is 1. The van der Waals surface area contributed by atoms with Crippen LogP contribution in [0, 0.1) is 0 Å². The van der Waals surface area contributed by atoms with Crippen molar-refractivity contribution in [1.82, 2.24) is 0 Å². The van der Waals surface area contributed by atoms with E-state index < -0.39 is 13.8 Å². The highest BCUT2D eigenvalue weighted by Gasteiger charge is 2.25. The molecule has 1 atom stereocenters. The number of carbonyl (C=O) groups is 1. The van der Waals surface area contributed by atoms with Crippen molar-refractivity contribution >= 4 is 13.8 Å². The first-order valence-corrected chi connectivity index (χ1v) is 13.0. The van der Waals surface area contributed by atoms with Crippen LogP contribution < -0.4 is 4.89 Å². The lowest BCUT2D eigenvalue weighted by Gasteiger charge is -2.39. The van der Waals surface area contributed by atoms with E-state index in [9.17, 15) is 14.3 Å². The van der Waals surface area contributed by atoms with Crippen molar-refractivity contribution in [3.8, 4) is 0 Å². The van der Waals surface area contributed by atoms with Gasteiger partial charge in [0.15, 0.2) is 0 Å². The second-order valence-electron chi connectivity index (χ2n) is 8.03. The average molecular weight is 450 g/mol. The lowest BCUT2D eigenvalue weighted by molar-refractivity contribution is -0.929. The zero-order valence-corrected chi connectivity index (χ0v) is 20.6. The number of quaternary nitrogens is 1. The Morgan fingerprint density at radius 1 is 0.833 bits per heavy atom. The molecule has 0 rings (SSSR count). The van der Waals surface area contributed by atoms with Crippen LogP contribution in [-0.2, 0) is 23.1 Å². The number of unbranched alkanes of at least 4 members (excludes halogenated alkanes) is 4. The summed E-state index contributed by atoms with van der Waals surface area (Å²) in [4.78, 5) is 23.0. The molecule has 0 saturated heterocycles. The number of hydrogen-bond donors (Lipinski definition) is 0. The molecular formula is C22H44NO6P. The van der Waals surface area contributed by atoms with Crippen LogP contribution >= 0.6 is 7.82 Å². The Bertz CT molecular complexity index is 504. The Balaban J connectivity index is 4.34. The number of phosphoric acid groups is 1. The maximum absolute atomic E-state index is 11.8. The van der Waals surface area contributed by atoms with Crippen LogP contribution in [-0.4, -0.2) is 56.5 Å². The Morgan fingerprint density at radius 3 is 1.77 bits per heavy atom. The molecule has 178 valence electrons. The largest absolute Gasteiger partial charge is 0.756 e. The van der Waals surface area contributed by atoms with Crippen molar-refractivity contribution in [3.63, 3.8) is 0 Å². The van der Waals surface area contributed by atoms with Crippen LogP contribution in [0.3, 0.4) is 0 Å². The van der Waals surface area contributed by atoms with E-state index in [4.69, 9.17) is 13.8 Å². The van der Waals surface area contributed by atoms with Gasteiger partial charge in [0.25, 0.3) is 7.82 Å². The molecule has 0 heterocycles. The summed E-state index contributed by atoms with van der Waals surface area (Å²) >= 11 is 0. The highest BCUT2D eigenvalue weighted by atomic mass is 31.2. The Kier molecular flexibility index (Phi) is 16.5. The minimum Gasteiger partial charge on any atom is -0.756 e. The molecule has 0 bridgehead atoms. The SMILES string of the molecule is C=C(C)C(=O)OCCOP(=O)([O-])OCCCC[N+](CCCC)(CCCC)CCCC. The van der Waals surface area contributed by atoms with Gasteiger partial charge in [0, 0.05) is 5.57 Å². The summed E-state index contributed by atoms with van der Waals surface area (Å²) in [5.74, 6) is -0.573. The van der Waals surface area contributed by atoms with Gasteiger partial charge in [-0.2, -0.15) is 0 Å². The third-order valence-corrected chi connectivity index (χ3v) is 6.15. The van der Waals surface area contributed by atoms with Crippen LogP contribution in [0.2, 0.25) is 0 Å². The number of phosphoric ester groups is 1. The zero-order valence-electron chi connectivity index (χ0n) is 19.7. The van der Waals surface area contributed by atoms with E-state index in [0.717, 1.165) is 17.4 Å². The summed E-state index contributed by atoms with van der Waals surface area (Å²) < 4.78 is 27.4. The molecular weight excluding hydrogens is 405 g/mol. The first kappa shape index (κ1) is 29.3. The van der Waals surface area contributed by atoms with Crippen LogP contribution in [0.4, 0.5) is 0 Å². The van der Waals surface area contributed by atoms with Gasteiger partial charge in [-0.1, -0.05) is 46.6 Å². The van der Waals surface area contributed by atoms with Crippen molar-refractivity contribution < 1.29 is 32.5 Å². The molecule has 0 aromatic carbocycles. The summed E-state index contributed by atoms with van der Waals surface area (Å²) in [6.45, 7) is 16.0. The predicted octanol–water partition coefficient (Wildman–Crippen LogP) is 4.60. The quantitative estimate of drug-likeness (QED) is 0.0887. The van der Waals surface area contributed by atoms with Crippen molar-refractivity contribution in [2.24, 2.45) is 0 Å². The molecule has 0 aromatic heterocycles. The van der Waals surface area contributed by atoms with Gasteiger partial charge in [-0.25, -0.2) is 4.79 Å². The maximum atomic E-state index is 11.8. The van der Waals surface area contributed by atoms with Crippen LogP contribution in [0.15, 0.2) is 12.2 Å². The molecule has 8 heteroatoms. The van der Waals surface area contributed by atoms with E-state index in [0.29, 0.717) is 6.42 Å². The highest BCUT2D eigenvalue weighted by Crippen LogP contribution is 2.38. The molecule has 0 radical (unpaired) electrons. The first-order chi connectivity index (χ1) is 14.2. The fourth-order valence-corrected chi connectivity index (χ4v) is 4.05. The summed E-state index contributed by atoms with van der Waals surface area (Å²) in [6, 6.07) is 0. The van der Waals surface area contributed by atoms with Crippen LogP contribution in [0.1, 0.15) is 79.1 Å². The van der Waals surface area contributed by atoms with Gasteiger partial charge in [0.05, 0.1) is 39.4 Å². The van der Waals surface area contributed by atoms with E-state index in [-0.39, 0.29) is 25.4 Å².